The summed E-state index contributed by atoms with van der Waals surface area (Å²) in [6.07, 6.45) is 4.47. The minimum Gasteiger partial charge on any atom is -0.423 e. The highest BCUT2D eigenvalue weighted by atomic mass is 19.1. The molecule has 116 valence electrons. The molecule has 0 amide bonds. The first kappa shape index (κ1) is 16.7. The summed E-state index contributed by atoms with van der Waals surface area (Å²) >= 11 is 0. The van der Waals surface area contributed by atoms with Crippen LogP contribution in [0.1, 0.15) is 31.7 Å². The van der Waals surface area contributed by atoms with Gasteiger partial charge in [-0.25, -0.2) is 8.78 Å². The van der Waals surface area contributed by atoms with Crippen molar-refractivity contribution in [3.05, 3.63) is 53.6 Å². The van der Waals surface area contributed by atoms with E-state index >= 15 is 0 Å². The molecule has 22 heavy (non-hydrogen) atoms. The fraction of sp³-hybridized carbons (Fsp3) is 0.294. The molecule has 0 radical (unpaired) electrons. The van der Waals surface area contributed by atoms with Crippen molar-refractivity contribution < 1.29 is 18.8 Å². The van der Waals surface area contributed by atoms with Gasteiger partial charge in [-0.15, -0.1) is 0 Å². The standard InChI is InChI=1S/C17H19BF2O2/c1-2-3-4-5-12-6-8-13(9-7-12)14-10-15(19)17(18(21)22)16(20)11-14/h6-11,21-22H,2-5H2,1H3. The summed E-state index contributed by atoms with van der Waals surface area (Å²) in [6.45, 7) is 2.15. The van der Waals surface area contributed by atoms with E-state index in [1.165, 1.54) is 18.4 Å². The maximum Gasteiger partial charge on any atom is 0.494 e. The summed E-state index contributed by atoms with van der Waals surface area (Å²) in [4.78, 5) is 0. The van der Waals surface area contributed by atoms with Crippen molar-refractivity contribution in [2.45, 2.75) is 32.6 Å². The maximum absolute atomic E-state index is 13.8. The number of hydrogen-bond donors (Lipinski definition) is 2. The second-order valence-electron chi connectivity index (χ2n) is 5.38. The van der Waals surface area contributed by atoms with Crippen LogP contribution in [0.2, 0.25) is 0 Å². The van der Waals surface area contributed by atoms with Gasteiger partial charge in [0, 0.05) is 0 Å². The van der Waals surface area contributed by atoms with Gasteiger partial charge in [-0.2, -0.15) is 0 Å². The van der Waals surface area contributed by atoms with Gasteiger partial charge in [-0.1, -0.05) is 44.0 Å². The van der Waals surface area contributed by atoms with E-state index in [1.54, 1.807) is 0 Å². The van der Waals surface area contributed by atoms with Crippen LogP contribution in [0.3, 0.4) is 0 Å². The van der Waals surface area contributed by atoms with Crippen molar-refractivity contribution in [3.8, 4) is 11.1 Å². The number of rotatable bonds is 6. The first-order valence-corrected chi connectivity index (χ1v) is 7.47. The Balaban J connectivity index is 2.21. The van der Waals surface area contributed by atoms with E-state index in [4.69, 9.17) is 10.0 Å². The molecule has 2 aromatic carbocycles. The molecule has 0 unspecified atom stereocenters. The molecule has 0 aliphatic heterocycles. The molecule has 0 saturated carbocycles. The zero-order valence-corrected chi connectivity index (χ0v) is 12.5. The fourth-order valence-corrected chi connectivity index (χ4v) is 2.44. The van der Waals surface area contributed by atoms with Gasteiger partial charge in [0.15, 0.2) is 0 Å². The summed E-state index contributed by atoms with van der Waals surface area (Å²) in [5.74, 6) is -1.92. The third-order valence-electron chi connectivity index (χ3n) is 3.69. The number of benzene rings is 2. The van der Waals surface area contributed by atoms with Crippen LogP contribution in [0, 0.1) is 11.6 Å². The number of hydrogen-bond acceptors (Lipinski definition) is 2. The van der Waals surface area contributed by atoms with Crippen LogP contribution in [-0.2, 0) is 6.42 Å². The van der Waals surface area contributed by atoms with Gasteiger partial charge >= 0.3 is 7.12 Å². The smallest absolute Gasteiger partial charge is 0.423 e. The van der Waals surface area contributed by atoms with Gasteiger partial charge in [0.25, 0.3) is 0 Å². The number of halogens is 2. The Kier molecular flexibility index (Phi) is 5.69. The molecule has 0 atom stereocenters. The van der Waals surface area contributed by atoms with E-state index in [0.717, 1.165) is 25.0 Å². The van der Waals surface area contributed by atoms with Gasteiger partial charge in [0.05, 0.1) is 5.46 Å². The summed E-state index contributed by atoms with van der Waals surface area (Å²) in [5, 5.41) is 17.9. The van der Waals surface area contributed by atoms with Crippen molar-refractivity contribution in [1.29, 1.82) is 0 Å². The number of aryl methyl sites for hydroxylation is 1. The molecular formula is C17H19BF2O2. The first-order chi connectivity index (χ1) is 10.5. The van der Waals surface area contributed by atoms with Gasteiger partial charge in [-0.3, -0.25) is 0 Å². The highest BCUT2D eigenvalue weighted by Gasteiger charge is 2.22. The van der Waals surface area contributed by atoms with E-state index in [-0.39, 0.29) is 0 Å². The van der Waals surface area contributed by atoms with Crippen LogP contribution in [0.4, 0.5) is 8.78 Å². The van der Waals surface area contributed by atoms with Crippen LogP contribution in [0.25, 0.3) is 11.1 Å². The molecule has 5 heteroatoms. The lowest BCUT2D eigenvalue weighted by Gasteiger charge is -2.08. The topological polar surface area (TPSA) is 40.5 Å². The Bertz CT molecular complexity index is 604. The molecule has 2 N–H and O–H groups in total. The maximum atomic E-state index is 13.8. The van der Waals surface area contributed by atoms with Crippen molar-refractivity contribution in [2.75, 3.05) is 0 Å². The molecule has 2 nitrogen and oxygen atoms in total. The molecule has 0 bridgehead atoms. The predicted octanol–water partition coefficient (Wildman–Crippen LogP) is 3.04. The van der Waals surface area contributed by atoms with Crippen molar-refractivity contribution >= 4 is 12.6 Å². The minimum atomic E-state index is -2.16. The summed E-state index contributed by atoms with van der Waals surface area (Å²) < 4.78 is 27.5. The van der Waals surface area contributed by atoms with Crippen LogP contribution in [0.15, 0.2) is 36.4 Å². The zero-order valence-electron chi connectivity index (χ0n) is 12.5. The highest BCUT2D eigenvalue weighted by Crippen LogP contribution is 2.22. The SMILES string of the molecule is CCCCCc1ccc(-c2cc(F)c(B(O)O)c(F)c2)cc1. The molecule has 0 aliphatic rings. The van der Waals surface area contributed by atoms with Crippen LogP contribution in [0.5, 0.6) is 0 Å². The second-order valence-corrected chi connectivity index (χ2v) is 5.38. The summed E-state index contributed by atoms with van der Waals surface area (Å²) in [6, 6.07) is 9.79. The van der Waals surface area contributed by atoms with E-state index in [2.05, 4.69) is 6.92 Å². The van der Waals surface area contributed by atoms with Crippen LogP contribution in [-0.4, -0.2) is 17.2 Å². The highest BCUT2D eigenvalue weighted by molar-refractivity contribution is 6.58. The third kappa shape index (κ3) is 3.93. The molecule has 0 fully saturated rings. The third-order valence-corrected chi connectivity index (χ3v) is 3.69. The average molecular weight is 304 g/mol. The monoisotopic (exact) mass is 304 g/mol. The van der Waals surface area contributed by atoms with Gasteiger partial charge in [0.2, 0.25) is 0 Å². The van der Waals surface area contributed by atoms with Crippen LogP contribution < -0.4 is 5.46 Å². The summed E-state index contributed by atoms with van der Waals surface area (Å²) in [7, 11) is -2.16. The quantitative estimate of drug-likeness (QED) is 0.636. The number of unbranched alkanes of at least 4 members (excludes halogenated alkanes) is 2. The molecular weight excluding hydrogens is 285 g/mol. The lowest BCUT2D eigenvalue weighted by atomic mass is 9.78. The Labute approximate surface area is 129 Å². The predicted molar refractivity (Wildman–Crippen MR) is 84.8 cm³/mol. The van der Waals surface area contributed by atoms with E-state index < -0.39 is 24.2 Å². The van der Waals surface area contributed by atoms with Gasteiger partial charge < -0.3 is 10.0 Å². The average Bonchev–Trinajstić information content (AvgIpc) is 2.47. The lowest BCUT2D eigenvalue weighted by Crippen LogP contribution is -2.35. The largest absolute Gasteiger partial charge is 0.494 e. The first-order valence-electron chi connectivity index (χ1n) is 7.47. The molecule has 2 aromatic rings. The molecule has 0 spiro atoms. The minimum absolute atomic E-state index is 0.375. The Morgan fingerprint density at radius 2 is 1.50 bits per heavy atom. The normalized spacial score (nSPS) is 10.8. The zero-order chi connectivity index (χ0) is 16.1. The van der Waals surface area contributed by atoms with E-state index in [0.29, 0.717) is 11.1 Å². The molecule has 0 aliphatic carbocycles. The summed E-state index contributed by atoms with van der Waals surface area (Å²) in [5.41, 5.74) is 1.54. The lowest BCUT2D eigenvalue weighted by molar-refractivity contribution is 0.419. The van der Waals surface area contributed by atoms with E-state index in [9.17, 15) is 8.78 Å². The van der Waals surface area contributed by atoms with Crippen molar-refractivity contribution in [3.63, 3.8) is 0 Å². The molecule has 0 saturated heterocycles. The van der Waals surface area contributed by atoms with Crippen molar-refractivity contribution in [1.82, 2.24) is 0 Å². The Morgan fingerprint density at radius 1 is 0.909 bits per heavy atom. The van der Waals surface area contributed by atoms with Crippen molar-refractivity contribution in [2.24, 2.45) is 0 Å². The second kappa shape index (κ2) is 7.52. The Hall–Kier alpha value is -1.72. The van der Waals surface area contributed by atoms with Gasteiger partial charge in [0.1, 0.15) is 11.6 Å². The fourth-order valence-electron chi connectivity index (χ4n) is 2.44. The molecule has 0 heterocycles. The molecule has 2 rings (SSSR count). The molecule has 0 aromatic heterocycles. The van der Waals surface area contributed by atoms with Gasteiger partial charge in [-0.05, 0) is 41.7 Å². The van der Waals surface area contributed by atoms with E-state index in [1.807, 2.05) is 24.3 Å². The van der Waals surface area contributed by atoms with Crippen LogP contribution >= 0.6 is 0 Å². The Morgan fingerprint density at radius 3 is 2.00 bits per heavy atom.